The van der Waals surface area contributed by atoms with Crippen molar-refractivity contribution >= 4 is 5.97 Å². The van der Waals surface area contributed by atoms with E-state index < -0.39 is 0 Å². The molecular weight excluding hydrogens is 128 g/mol. The Balaban J connectivity index is 2.49. The molecule has 0 aromatic carbocycles. The first-order valence-corrected chi connectivity index (χ1v) is 3.87. The summed E-state index contributed by atoms with van der Waals surface area (Å²) < 4.78 is 4.95. The van der Waals surface area contributed by atoms with Crippen LogP contribution in [-0.2, 0) is 9.53 Å². The average Bonchev–Trinajstić information content (AvgIpc) is 1.96. The maximum absolute atomic E-state index is 10.9. The number of esters is 1. The molecule has 0 spiro atoms. The quantitative estimate of drug-likeness (QED) is 0.480. The van der Waals surface area contributed by atoms with Gasteiger partial charge in [0.15, 0.2) is 0 Å². The van der Waals surface area contributed by atoms with Crippen molar-refractivity contribution in [3.05, 3.63) is 0 Å². The van der Waals surface area contributed by atoms with Crippen LogP contribution in [0.15, 0.2) is 0 Å². The molecule has 58 valence electrons. The van der Waals surface area contributed by atoms with Gasteiger partial charge in [0.05, 0.1) is 12.5 Å². The fourth-order valence-electron chi connectivity index (χ4n) is 1.32. The molecule has 0 bridgehead atoms. The molecule has 0 amide bonds. The fourth-order valence-corrected chi connectivity index (χ4v) is 1.32. The van der Waals surface area contributed by atoms with Gasteiger partial charge in [-0.1, -0.05) is 13.8 Å². The van der Waals surface area contributed by atoms with Gasteiger partial charge in [-0.05, 0) is 18.8 Å². The predicted molar refractivity (Wildman–Crippen MR) is 38.5 cm³/mol. The summed E-state index contributed by atoms with van der Waals surface area (Å²) in [5.41, 5.74) is 0. The van der Waals surface area contributed by atoms with E-state index in [4.69, 9.17) is 4.74 Å². The summed E-state index contributed by atoms with van der Waals surface area (Å²) in [6.45, 7) is 4.72. The number of hydrogen-bond donors (Lipinski definition) is 0. The molecule has 0 aliphatic carbocycles. The molecule has 0 aromatic heterocycles. The minimum absolute atomic E-state index is 0.0237. The third kappa shape index (κ3) is 1.72. The van der Waals surface area contributed by atoms with Crippen LogP contribution in [0.25, 0.3) is 0 Å². The van der Waals surface area contributed by atoms with Crippen molar-refractivity contribution in [1.82, 2.24) is 0 Å². The van der Waals surface area contributed by atoms with Gasteiger partial charge in [-0.15, -0.1) is 0 Å². The zero-order valence-electron chi connectivity index (χ0n) is 6.59. The van der Waals surface area contributed by atoms with Crippen LogP contribution in [0.4, 0.5) is 0 Å². The van der Waals surface area contributed by atoms with Crippen molar-refractivity contribution in [2.75, 3.05) is 6.61 Å². The SMILES string of the molecule is CC1CCOC(=O)C(C)C1. The molecule has 2 unspecified atom stereocenters. The Hall–Kier alpha value is -0.530. The molecule has 2 heteroatoms. The summed E-state index contributed by atoms with van der Waals surface area (Å²) in [4.78, 5) is 10.9. The van der Waals surface area contributed by atoms with Crippen molar-refractivity contribution in [1.29, 1.82) is 0 Å². The lowest BCUT2D eigenvalue weighted by Crippen LogP contribution is -2.12. The number of hydrogen-bond acceptors (Lipinski definition) is 2. The average molecular weight is 142 g/mol. The van der Waals surface area contributed by atoms with Crippen LogP contribution < -0.4 is 0 Å². The normalized spacial score (nSPS) is 34.8. The van der Waals surface area contributed by atoms with E-state index >= 15 is 0 Å². The third-order valence-electron chi connectivity index (χ3n) is 2.01. The lowest BCUT2D eigenvalue weighted by atomic mass is 9.96. The van der Waals surface area contributed by atoms with E-state index in [9.17, 15) is 4.79 Å². The van der Waals surface area contributed by atoms with Gasteiger partial charge in [-0.2, -0.15) is 0 Å². The molecule has 2 nitrogen and oxygen atoms in total. The van der Waals surface area contributed by atoms with Crippen molar-refractivity contribution in [3.8, 4) is 0 Å². The molecule has 1 saturated heterocycles. The number of rotatable bonds is 0. The summed E-state index contributed by atoms with van der Waals surface area (Å²) in [6, 6.07) is 0. The van der Waals surface area contributed by atoms with Gasteiger partial charge in [0.25, 0.3) is 0 Å². The standard InChI is InChI=1S/C8H14O2/c1-6-3-4-10-8(9)7(2)5-6/h6-7H,3-5H2,1-2H3. The van der Waals surface area contributed by atoms with Crippen molar-refractivity contribution in [2.45, 2.75) is 26.7 Å². The smallest absolute Gasteiger partial charge is 0.308 e. The summed E-state index contributed by atoms with van der Waals surface area (Å²) in [6.07, 6.45) is 2.01. The zero-order valence-corrected chi connectivity index (χ0v) is 6.59. The van der Waals surface area contributed by atoms with Crippen molar-refractivity contribution in [3.63, 3.8) is 0 Å². The number of carbonyl (C=O) groups excluding carboxylic acids is 1. The Morgan fingerprint density at radius 2 is 2.20 bits per heavy atom. The topological polar surface area (TPSA) is 26.3 Å². The van der Waals surface area contributed by atoms with Crippen LogP contribution in [0.3, 0.4) is 0 Å². The van der Waals surface area contributed by atoms with Crippen LogP contribution >= 0.6 is 0 Å². The molecule has 1 heterocycles. The highest BCUT2D eigenvalue weighted by Gasteiger charge is 2.21. The molecule has 0 saturated carbocycles. The summed E-state index contributed by atoms with van der Waals surface area (Å²) in [5.74, 6) is 0.725. The zero-order chi connectivity index (χ0) is 7.56. The first-order valence-electron chi connectivity index (χ1n) is 3.87. The number of ether oxygens (including phenoxy) is 1. The maximum Gasteiger partial charge on any atom is 0.308 e. The molecule has 10 heavy (non-hydrogen) atoms. The Kier molecular flexibility index (Phi) is 2.30. The summed E-state index contributed by atoms with van der Waals surface area (Å²) in [5, 5.41) is 0. The van der Waals surface area contributed by atoms with Gasteiger partial charge in [-0.25, -0.2) is 0 Å². The number of cyclic esters (lactones) is 1. The monoisotopic (exact) mass is 142 g/mol. The van der Waals surface area contributed by atoms with Crippen LogP contribution in [0, 0.1) is 11.8 Å². The van der Waals surface area contributed by atoms with Crippen molar-refractivity contribution in [2.24, 2.45) is 11.8 Å². The summed E-state index contributed by atoms with van der Waals surface area (Å²) in [7, 11) is 0. The van der Waals surface area contributed by atoms with E-state index in [1.165, 1.54) is 0 Å². The van der Waals surface area contributed by atoms with Crippen LogP contribution in [0.2, 0.25) is 0 Å². The largest absolute Gasteiger partial charge is 0.465 e. The molecule has 0 aromatic rings. The minimum Gasteiger partial charge on any atom is -0.465 e. The highest BCUT2D eigenvalue weighted by Crippen LogP contribution is 2.19. The van der Waals surface area contributed by atoms with Gasteiger partial charge in [0, 0.05) is 0 Å². The Morgan fingerprint density at radius 1 is 1.50 bits per heavy atom. The fraction of sp³-hybridized carbons (Fsp3) is 0.875. The molecule has 1 rings (SSSR count). The van der Waals surface area contributed by atoms with Crippen LogP contribution in [-0.4, -0.2) is 12.6 Å². The molecule has 1 fully saturated rings. The van der Waals surface area contributed by atoms with Crippen LogP contribution in [0.1, 0.15) is 26.7 Å². The molecule has 0 radical (unpaired) electrons. The molecule has 2 atom stereocenters. The second kappa shape index (κ2) is 3.04. The van der Waals surface area contributed by atoms with Gasteiger partial charge in [-0.3, -0.25) is 4.79 Å². The van der Waals surface area contributed by atoms with E-state index in [1.807, 2.05) is 6.92 Å². The van der Waals surface area contributed by atoms with E-state index in [1.54, 1.807) is 0 Å². The van der Waals surface area contributed by atoms with Gasteiger partial charge in [0.1, 0.15) is 0 Å². The van der Waals surface area contributed by atoms with Gasteiger partial charge in [0.2, 0.25) is 0 Å². The third-order valence-corrected chi connectivity index (χ3v) is 2.01. The first kappa shape index (κ1) is 7.58. The van der Waals surface area contributed by atoms with E-state index in [-0.39, 0.29) is 11.9 Å². The van der Waals surface area contributed by atoms with Crippen LogP contribution in [0.5, 0.6) is 0 Å². The Morgan fingerprint density at radius 3 is 2.90 bits per heavy atom. The lowest BCUT2D eigenvalue weighted by Gasteiger charge is -2.06. The lowest BCUT2D eigenvalue weighted by molar-refractivity contribution is -0.146. The number of carbonyl (C=O) groups is 1. The molecular formula is C8H14O2. The molecule has 1 aliphatic rings. The molecule has 0 N–H and O–H groups in total. The second-order valence-corrected chi connectivity index (χ2v) is 3.20. The van der Waals surface area contributed by atoms with Gasteiger partial charge < -0.3 is 4.74 Å². The highest BCUT2D eigenvalue weighted by atomic mass is 16.5. The second-order valence-electron chi connectivity index (χ2n) is 3.20. The first-order chi connectivity index (χ1) is 4.70. The van der Waals surface area contributed by atoms with E-state index in [2.05, 4.69) is 6.92 Å². The van der Waals surface area contributed by atoms with E-state index in [0.717, 1.165) is 12.8 Å². The minimum atomic E-state index is -0.0237. The predicted octanol–water partition coefficient (Wildman–Crippen LogP) is 1.60. The summed E-state index contributed by atoms with van der Waals surface area (Å²) >= 11 is 0. The van der Waals surface area contributed by atoms with Gasteiger partial charge >= 0.3 is 5.97 Å². The Bertz CT molecular complexity index is 131. The Labute approximate surface area is 61.6 Å². The molecule has 1 aliphatic heterocycles. The maximum atomic E-state index is 10.9. The van der Waals surface area contributed by atoms with E-state index in [0.29, 0.717) is 12.5 Å². The highest BCUT2D eigenvalue weighted by molar-refractivity contribution is 5.72. The van der Waals surface area contributed by atoms with Crippen molar-refractivity contribution < 1.29 is 9.53 Å².